The standard InChI is InChI=1S/C15H20N2O/c1-11(2)10-15(3)14(18)16-13(17(15)4)12-8-6-5-7-9-12/h5-9,11H,10H2,1-4H3. The van der Waals surface area contributed by atoms with Crippen LogP contribution in [0.1, 0.15) is 32.8 Å². The van der Waals surface area contributed by atoms with Gasteiger partial charge in [-0.1, -0.05) is 44.2 Å². The Hall–Kier alpha value is -1.64. The van der Waals surface area contributed by atoms with Gasteiger partial charge in [0, 0.05) is 12.6 Å². The van der Waals surface area contributed by atoms with Gasteiger partial charge in [-0.2, -0.15) is 4.99 Å². The van der Waals surface area contributed by atoms with Crippen LogP contribution in [-0.4, -0.2) is 29.2 Å². The molecule has 0 N–H and O–H groups in total. The number of carbonyl (C=O) groups is 1. The zero-order chi connectivity index (χ0) is 13.3. The molecule has 1 aromatic rings. The van der Waals surface area contributed by atoms with Crippen molar-refractivity contribution < 1.29 is 4.79 Å². The molecule has 18 heavy (non-hydrogen) atoms. The van der Waals surface area contributed by atoms with Gasteiger partial charge in [0.2, 0.25) is 0 Å². The van der Waals surface area contributed by atoms with Crippen LogP contribution in [0.5, 0.6) is 0 Å². The van der Waals surface area contributed by atoms with E-state index in [4.69, 9.17) is 0 Å². The van der Waals surface area contributed by atoms with Gasteiger partial charge in [0.1, 0.15) is 11.4 Å². The average Bonchev–Trinajstić information content (AvgIpc) is 2.54. The van der Waals surface area contributed by atoms with E-state index in [1.807, 2.05) is 49.2 Å². The molecule has 0 saturated heterocycles. The van der Waals surface area contributed by atoms with Crippen molar-refractivity contribution in [1.29, 1.82) is 0 Å². The van der Waals surface area contributed by atoms with E-state index < -0.39 is 5.54 Å². The third kappa shape index (κ3) is 2.05. The van der Waals surface area contributed by atoms with Gasteiger partial charge in [0.25, 0.3) is 5.91 Å². The van der Waals surface area contributed by atoms with E-state index >= 15 is 0 Å². The predicted octanol–water partition coefficient (Wildman–Crippen LogP) is 2.71. The molecular formula is C15H20N2O. The first-order valence-corrected chi connectivity index (χ1v) is 6.37. The molecule has 0 aromatic heterocycles. The Labute approximate surface area is 109 Å². The van der Waals surface area contributed by atoms with E-state index in [1.54, 1.807) is 0 Å². The highest BCUT2D eigenvalue weighted by Gasteiger charge is 2.44. The minimum atomic E-state index is -0.501. The number of carbonyl (C=O) groups excluding carboxylic acids is 1. The van der Waals surface area contributed by atoms with Crippen molar-refractivity contribution in [2.24, 2.45) is 10.9 Å². The monoisotopic (exact) mass is 244 g/mol. The topological polar surface area (TPSA) is 32.7 Å². The summed E-state index contributed by atoms with van der Waals surface area (Å²) < 4.78 is 0. The Morgan fingerprint density at radius 3 is 2.44 bits per heavy atom. The number of nitrogens with zero attached hydrogens (tertiary/aromatic N) is 2. The van der Waals surface area contributed by atoms with Crippen molar-refractivity contribution in [2.45, 2.75) is 32.7 Å². The number of rotatable bonds is 3. The first-order valence-electron chi connectivity index (χ1n) is 6.37. The number of amides is 1. The first-order chi connectivity index (χ1) is 8.45. The molecular weight excluding hydrogens is 224 g/mol. The second-order valence-corrected chi connectivity index (χ2v) is 5.54. The molecule has 0 fully saturated rings. The summed E-state index contributed by atoms with van der Waals surface area (Å²) in [7, 11) is 1.96. The molecule has 0 spiro atoms. The summed E-state index contributed by atoms with van der Waals surface area (Å²) in [4.78, 5) is 18.5. The molecule has 3 nitrogen and oxygen atoms in total. The van der Waals surface area contributed by atoms with Crippen LogP contribution in [0, 0.1) is 5.92 Å². The summed E-state index contributed by atoms with van der Waals surface area (Å²) in [6.45, 7) is 6.24. The Morgan fingerprint density at radius 2 is 1.89 bits per heavy atom. The second-order valence-electron chi connectivity index (χ2n) is 5.54. The normalized spacial score (nSPS) is 23.7. The van der Waals surface area contributed by atoms with Crippen LogP contribution in [-0.2, 0) is 4.79 Å². The zero-order valence-corrected chi connectivity index (χ0v) is 11.5. The molecule has 0 radical (unpaired) electrons. The summed E-state index contributed by atoms with van der Waals surface area (Å²) in [5, 5.41) is 0. The molecule has 2 rings (SSSR count). The molecule has 96 valence electrons. The van der Waals surface area contributed by atoms with E-state index in [2.05, 4.69) is 18.8 Å². The molecule has 1 aliphatic heterocycles. The van der Waals surface area contributed by atoms with E-state index in [-0.39, 0.29) is 5.91 Å². The van der Waals surface area contributed by atoms with Crippen LogP contribution in [0.2, 0.25) is 0 Å². The lowest BCUT2D eigenvalue weighted by Crippen LogP contribution is -2.48. The van der Waals surface area contributed by atoms with Crippen molar-refractivity contribution in [3.63, 3.8) is 0 Å². The van der Waals surface area contributed by atoms with Gasteiger partial charge < -0.3 is 4.90 Å². The number of hydrogen-bond acceptors (Lipinski definition) is 2. The number of amidine groups is 1. The van der Waals surface area contributed by atoms with Gasteiger partial charge in [-0.15, -0.1) is 0 Å². The third-order valence-corrected chi connectivity index (χ3v) is 3.56. The minimum absolute atomic E-state index is 0.0300. The fourth-order valence-electron chi connectivity index (χ4n) is 2.53. The molecule has 1 aromatic carbocycles. The van der Waals surface area contributed by atoms with E-state index in [0.29, 0.717) is 5.92 Å². The largest absolute Gasteiger partial charge is 0.345 e. The van der Waals surface area contributed by atoms with Gasteiger partial charge >= 0.3 is 0 Å². The smallest absolute Gasteiger partial charge is 0.273 e. The van der Waals surface area contributed by atoms with Gasteiger partial charge in [-0.05, 0) is 19.3 Å². The second kappa shape index (κ2) is 4.56. The summed E-state index contributed by atoms with van der Waals surface area (Å²) in [5.41, 5.74) is 0.500. The maximum absolute atomic E-state index is 12.2. The Kier molecular flexibility index (Phi) is 3.24. The van der Waals surface area contributed by atoms with Crippen molar-refractivity contribution in [2.75, 3.05) is 7.05 Å². The van der Waals surface area contributed by atoms with Crippen LogP contribution in [0.15, 0.2) is 35.3 Å². The number of likely N-dealkylation sites (N-methyl/N-ethyl adjacent to an activating group) is 1. The predicted molar refractivity (Wildman–Crippen MR) is 73.6 cm³/mol. The van der Waals surface area contributed by atoms with Gasteiger partial charge in [-0.25, -0.2) is 0 Å². The summed E-state index contributed by atoms with van der Waals surface area (Å²) >= 11 is 0. The summed E-state index contributed by atoms with van der Waals surface area (Å²) in [6, 6.07) is 9.88. The lowest BCUT2D eigenvalue weighted by molar-refractivity contribution is -0.125. The van der Waals surface area contributed by atoms with E-state index in [0.717, 1.165) is 17.8 Å². The molecule has 0 aliphatic carbocycles. The highest BCUT2D eigenvalue weighted by Crippen LogP contribution is 2.31. The molecule has 3 heteroatoms. The van der Waals surface area contributed by atoms with Crippen LogP contribution in [0.3, 0.4) is 0 Å². The lowest BCUT2D eigenvalue weighted by atomic mass is 9.89. The van der Waals surface area contributed by atoms with E-state index in [1.165, 1.54) is 0 Å². The highest BCUT2D eigenvalue weighted by molar-refractivity contribution is 6.13. The summed E-state index contributed by atoms with van der Waals surface area (Å²) in [6.07, 6.45) is 0.822. The quantitative estimate of drug-likeness (QED) is 0.819. The molecule has 0 saturated carbocycles. The van der Waals surface area contributed by atoms with Gasteiger partial charge in [0.15, 0.2) is 0 Å². The lowest BCUT2D eigenvalue weighted by Gasteiger charge is -2.33. The van der Waals surface area contributed by atoms with Crippen LogP contribution in [0.4, 0.5) is 0 Å². The van der Waals surface area contributed by atoms with Crippen LogP contribution < -0.4 is 0 Å². The SMILES string of the molecule is CC(C)CC1(C)C(=O)N=C(c2ccccc2)N1C. The van der Waals surface area contributed by atoms with Crippen molar-refractivity contribution >= 4 is 11.7 Å². The fourth-order valence-corrected chi connectivity index (χ4v) is 2.53. The highest BCUT2D eigenvalue weighted by atomic mass is 16.2. The fraction of sp³-hybridized carbons (Fsp3) is 0.467. The zero-order valence-electron chi connectivity index (χ0n) is 11.5. The number of aliphatic imine (C=N–C) groups is 1. The maximum atomic E-state index is 12.2. The third-order valence-electron chi connectivity index (χ3n) is 3.56. The minimum Gasteiger partial charge on any atom is -0.345 e. The van der Waals surface area contributed by atoms with Crippen LogP contribution in [0.25, 0.3) is 0 Å². The van der Waals surface area contributed by atoms with Gasteiger partial charge in [0.05, 0.1) is 0 Å². The first kappa shape index (κ1) is 12.8. The van der Waals surface area contributed by atoms with Crippen molar-refractivity contribution in [3.05, 3.63) is 35.9 Å². The maximum Gasteiger partial charge on any atom is 0.273 e. The molecule has 1 atom stereocenters. The van der Waals surface area contributed by atoms with Crippen molar-refractivity contribution in [1.82, 2.24) is 4.90 Å². The average molecular weight is 244 g/mol. The molecule has 1 amide bonds. The van der Waals surface area contributed by atoms with E-state index in [9.17, 15) is 4.79 Å². The molecule has 1 unspecified atom stereocenters. The van der Waals surface area contributed by atoms with Crippen LogP contribution >= 0.6 is 0 Å². The molecule has 1 heterocycles. The molecule has 0 bridgehead atoms. The van der Waals surface area contributed by atoms with Crippen molar-refractivity contribution in [3.8, 4) is 0 Å². The Balaban J connectivity index is 2.33. The number of hydrogen-bond donors (Lipinski definition) is 0. The Bertz CT molecular complexity index is 479. The Morgan fingerprint density at radius 1 is 1.28 bits per heavy atom. The number of benzene rings is 1. The summed E-state index contributed by atoms with van der Waals surface area (Å²) in [5.74, 6) is 1.22. The molecule has 1 aliphatic rings. The van der Waals surface area contributed by atoms with Gasteiger partial charge in [-0.3, -0.25) is 4.79 Å².